The number of hydrogen-bond donors (Lipinski definition) is 4. The zero-order valence-corrected chi connectivity index (χ0v) is 15.7. The predicted molar refractivity (Wildman–Crippen MR) is 104 cm³/mol. The summed E-state index contributed by atoms with van der Waals surface area (Å²) in [5.41, 5.74) is -0.113. The Morgan fingerprint density at radius 3 is 2.82 bits per heavy atom. The minimum atomic E-state index is -1.61. The third kappa shape index (κ3) is 5.35. The van der Waals surface area contributed by atoms with Crippen LogP contribution in [0.1, 0.15) is 12.5 Å². The number of rotatable bonds is 8. The molecule has 0 radical (unpaired) electrons. The van der Waals surface area contributed by atoms with E-state index in [9.17, 15) is 9.90 Å². The highest BCUT2D eigenvalue weighted by molar-refractivity contribution is 5.89. The van der Waals surface area contributed by atoms with E-state index in [1.807, 2.05) is 25.1 Å². The zero-order chi connectivity index (χ0) is 19.8. The molecule has 1 aliphatic heterocycles. The number of carbonyl (C=O) groups excluding carboxylic acids is 1. The van der Waals surface area contributed by atoms with Crippen LogP contribution in [0.4, 0.5) is 10.5 Å². The van der Waals surface area contributed by atoms with Crippen LogP contribution in [0.2, 0.25) is 0 Å². The van der Waals surface area contributed by atoms with Crippen LogP contribution in [0, 0.1) is 0 Å². The molecule has 1 atom stereocenters. The molecule has 0 fully saturated rings. The molecule has 0 aromatic heterocycles. The van der Waals surface area contributed by atoms with Gasteiger partial charge in [0.25, 0.3) is 0 Å². The molecular weight excluding hydrogens is 362 g/mol. The maximum atomic E-state index is 12.3. The van der Waals surface area contributed by atoms with Crippen LogP contribution in [0.3, 0.4) is 0 Å². The van der Waals surface area contributed by atoms with E-state index in [4.69, 9.17) is 14.5 Å². The smallest absolute Gasteiger partial charge is 0.321 e. The van der Waals surface area contributed by atoms with Crippen LogP contribution < -0.4 is 25.6 Å². The van der Waals surface area contributed by atoms with Crippen molar-refractivity contribution >= 4 is 11.7 Å². The number of fused-ring (bicyclic) bond motifs is 1. The molecule has 0 bridgehead atoms. The molecule has 1 aliphatic rings. The number of amides is 2. The standard InChI is InChI=1S/C20H25N3O5/c1-2-21-13-20(25,23-19(24)22-15-7-4-3-5-8-15)14-26-17-9-6-10-18-16(17)11-12-27-28-18/h3-10,21,25H,2,11-14H2,1H3,(H2,22,23,24). The Morgan fingerprint density at radius 2 is 2.04 bits per heavy atom. The molecule has 28 heavy (non-hydrogen) atoms. The summed E-state index contributed by atoms with van der Waals surface area (Å²) < 4.78 is 5.85. The summed E-state index contributed by atoms with van der Waals surface area (Å²) in [6, 6.07) is 13.8. The number of hydrogen-bond acceptors (Lipinski definition) is 6. The maximum absolute atomic E-state index is 12.3. The molecule has 0 saturated carbocycles. The predicted octanol–water partition coefficient (Wildman–Crippen LogP) is 2.05. The largest absolute Gasteiger partial charge is 0.488 e. The lowest BCUT2D eigenvalue weighted by Crippen LogP contribution is -2.59. The highest BCUT2D eigenvalue weighted by Crippen LogP contribution is 2.32. The van der Waals surface area contributed by atoms with Crippen molar-refractivity contribution in [1.29, 1.82) is 0 Å². The molecule has 2 aromatic rings. The fourth-order valence-corrected chi connectivity index (χ4v) is 2.81. The van der Waals surface area contributed by atoms with Crippen molar-refractivity contribution in [3.63, 3.8) is 0 Å². The molecule has 0 spiro atoms. The minimum absolute atomic E-state index is 0.125. The van der Waals surface area contributed by atoms with Gasteiger partial charge in [-0.3, -0.25) is 0 Å². The van der Waals surface area contributed by atoms with Crippen molar-refractivity contribution in [3.8, 4) is 11.5 Å². The van der Waals surface area contributed by atoms with Crippen LogP contribution in [-0.2, 0) is 11.3 Å². The van der Waals surface area contributed by atoms with Gasteiger partial charge in [0.1, 0.15) is 12.4 Å². The topological polar surface area (TPSA) is 101 Å². The highest BCUT2D eigenvalue weighted by atomic mass is 17.2. The Kier molecular flexibility index (Phi) is 6.70. The lowest BCUT2D eigenvalue weighted by atomic mass is 10.1. The molecule has 2 aromatic carbocycles. The molecule has 0 saturated heterocycles. The van der Waals surface area contributed by atoms with E-state index < -0.39 is 11.8 Å². The second-order valence-electron chi connectivity index (χ2n) is 6.43. The van der Waals surface area contributed by atoms with Crippen LogP contribution in [-0.4, -0.2) is 43.2 Å². The number of nitrogens with one attached hydrogen (secondary N) is 3. The Labute approximate surface area is 163 Å². The fraction of sp³-hybridized carbons (Fsp3) is 0.350. The molecule has 2 amide bonds. The average Bonchev–Trinajstić information content (AvgIpc) is 2.71. The highest BCUT2D eigenvalue weighted by Gasteiger charge is 2.30. The Hall–Kier alpha value is -2.81. The van der Waals surface area contributed by atoms with Crippen molar-refractivity contribution in [3.05, 3.63) is 54.1 Å². The quantitative estimate of drug-likeness (QED) is 0.409. The number of urea groups is 1. The molecule has 3 rings (SSSR count). The van der Waals surface area contributed by atoms with Crippen LogP contribution >= 0.6 is 0 Å². The molecule has 1 unspecified atom stereocenters. The van der Waals surface area contributed by atoms with E-state index in [0.717, 1.165) is 5.56 Å². The Morgan fingerprint density at radius 1 is 1.21 bits per heavy atom. The van der Waals surface area contributed by atoms with Gasteiger partial charge in [0.15, 0.2) is 11.5 Å². The van der Waals surface area contributed by atoms with Crippen LogP contribution in [0.25, 0.3) is 0 Å². The summed E-state index contributed by atoms with van der Waals surface area (Å²) in [6.45, 7) is 2.96. The first-order chi connectivity index (χ1) is 13.6. The van der Waals surface area contributed by atoms with Crippen molar-refractivity contribution < 1.29 is 24.4 Å². The maximum Gasteiger partial charge on any atom is 0.321 e. The lowest BCUT2D eigenvalue weighted by Gasteiger charge is -2.30. The number of carbonyl (C=O) groups is 1. The number of para-hydroxylation sites is 1. The third-order valence-electron chi connectivity index (χ3n) is 4.19. The first-order valence-electron chi connectivity index (χ1n) is 9.21. The summed E-state index contributed by atoms with van der Waals surface area (Å²) in [6.07, 6.45) is 0.638. The summed E-state index contributed by atoms with van der Waals surface area (Å²) in [4.78, 5) is 22.5. The lowest BCUT2D eigenvalue weighted by molar-refractivity contribution is -0.215. The summed E-state index contributed by atoms with van der Waals surface area (Å²) >= 11 is 0. The first-order valence-corrected chi connectivity index (χ1v) is 9.21. The molecule has 8 heteroatoms. The van der Waals surface area contributed by atoms with Gasteiger partial charge in [-0.15, -0.1) is 0 Å². The van der Waals surface area contributed by atoms with E-state index in [1.54, 1.807) is 30.3 Å². The van der Waals surface area contributed by atoms with E-state index in [-0.39, 0.29) is 13.2 Å². The summed E-state index contributed by atoms with van der Waals surface area (Å²) in [7, 11) is 0. The van der Waals surface area contributed by atoms with Gasteiger partial charge in [-0.1, -0.05) is 31.2 Å². The van der Waals surface area contributed by atoms with Gasteiger partial charge in [0.05, 0.1) is 6.61 Å². The van der Waals surface area contributed by atoms with Crippen molar-refractivity contribution in [2.75, 3.05) is 31.6 Å². The van der Waals surface area contributed by atoms with Gasteiger partial charge in [0, 0.05) is 24.2 Å². The van der Waals surface area contributed by atoms with E-state index >= 15 is 0 Å². The summed E-state index contributed by atoms with van der Waals surface area (Å²) in [5.74, 6) is 1.18. The number of aliphatic hydroxyl groups is 1. The first kappa shape index (κ1) is 19.9. The number of likely N-dealkylation sites (N-methyl/N-ethyl adjacent to an activating group) is 1. The Balaban J connectivity index is 1.66. The number of benzene rings is 2. The fourth-order valence-electron chi connectivity index (χ4n) is 2.81. The van der Waals surface area contributed by atoms with Gasteiger partial charge >= 0.3 is 6.03 Å². The van der Waals surface area contributed by atoms with Gasteiger partial charge in [-0.25, -0.2) is 4.79 Å². The molecular formula is C20H25N3O5. The molecule has 4 N–H and O–H groups in total. The zero-order valence-electron chi connectivity index (χ0n) is 15.7. The second kappa shape index (κ2) is 9.41. The minimum Gasteiger partial charge on any atom is -0.488 e. The third-order valence-corrected chi connectivity index (χ3v) is 4.19. The monoisotopic (exact) mass is 387 g/mol. The Bertz CT molecular complexity index is 787. The molecule has 1 heterocycles. The number of ether oxygens (including phenoxy) is 1. The molecule has 0 aliphatic carbocycles. The van der Waals surface area contributed by atoms with Gasteiger partial charge in [-0.05, 0) is 30.8 Å². The van der Waals surface area contributed by atoms with E-state index in [1.165, 1.54) is 0 Å². The van der Waals surface area contributed by atoms with Crippen LogP contribution in [0.5, 0.6) is 11.5 Å². The molecule has 150 valence electrons. The van der Waals surface area contributed by atoms with Gasteiger partial charge in [-0.2, -0.15) is 4.89 Å². The summed E-state index contributed by atoms with van der Waals surface area (Å²) in [5, 5.41) is 19.3. The average molecular weight is 387 g/mol. The van der Waals surface area contributed by atoms with E-state index in [2.05, 4.69) is 16.0 Å². The second-order valence-corrected chi connectivity index (χ2v) is 6.43. The normalized spacial score (nSPS) is 14.9. The molecule has 8 nitrogen and oxygen atoms in total. The van der Waals surface area contributed by atoms with Crippen molar-refractivity contribution in [2.24, 2.45) is 0 Å². The SMILES string of the molecule is CCNCC(O)(COc1cccc2c1CCOO2)NC(=O)Nc1ccccc1. The van der Waals surface area contributed by atoms with Gasteiger partial charge in [0.2, 0.25) is 0 Å². The van der Waals surface area contributed by atoms with Crippen LogP contribution in [0.15, 0.2) is 48.5 Å². The van der Waals surface area contributed by atoms with Gasteiger partial charge < -0.3 is 30.7 Å². The van der Waals surface area contributed by atoms with Crippen molar-refractivity contribution in [2.45, 2.75) is 19.1 Å². The van der Waals surface area contributed by atoms with E-state index in [0.29, 0.717) is 36.8 Å². The van der Waals surface area contributed by atoms with Crippen molar-refractivity contribution in [1.82, 2.24) is 10.6 Å². The number of anilines is 1.